The lowest BCUT2D eigenvalue weighted by atomic mass is 10.0. The van der Waals surface area contributed by atoms with Crippen molar-refractivity contribution >= 4 is 17.1 Å². The minimum atomic E-state index is -4.77. The lowest BCUT2D eigenvalue weighted by Crippen LogP contribution is -2.39. The highest BCUT2D eigenvalue weighted by atomic mass is 19.4. The molecule has 1 saturated heterocycles. The molecule has 0 saturated carbocycles. The number of para-hydroxylation sites is 1. The number of hydrogen-bond donors (Lipinski definition) is 1. The summed E-state index contributed by atoms with van der Waals surface area (Å²) < 4.78 is 46.6. The highest BCUT2D eigenvalue weighted by molar-refractivity contribution is 5.85. The summed E-state index contributed by atoms with van der Waals surface area (Å²) in [4.78, 5) is 2.20. The van der Waals surface area contributed by atoms with E-state index in [0.29, 0.717) is 24.6 Å². The van der Waals surface area contributed by atoms with Crippen LogP contribution in [0.25, 0.3) is 5.70 Å². The Morgan fingerprint density at radius 1 is 0.969 bits per heavy atom. The van der Waals surface area contributed by atoms with E-state index >= 15 is 0 Å². The molecule has 0 spiro atoms. The maximum Gasteiger partial charge on any atom is 0.573 e. The predicted octanol–water partition coefficient (Wildman–Crippen LogP) is 2.94. The first-order valence-corrected chi connectivity index (χ1v) is 9.65. The Hall–Kier alpha value is -3.41. The fourth-order valence-corrected chi connectivity index (χ4v) is 3.80. The molecule has 32 heavy (non-hydrogen) atoms. The highest BCUT2D eigenvalue weighted by Gasteiger charge is 2.38. The van der Waals surface area contributed by atoms with E-state index in [2.05, 4.69) is 15.2 Å². The Kier molecular flexibility index (Phi) is 5.63. The van der Waals surface area contributed by atoms with Gasteiger partial charge >= 0.3 is 6.36 Å². The second-order valence-electron chi connectivity index (χ2n) is 7.11. The van der Waals surface area contributed by atoms with E-state index in [0.717, 1.165) is 30.0 Å². The summed E-state index contributed by atoms with van der Waals surface area (Å²) in [5.74, 6) is -0.468. The van der Waals surface area contributed by atoms with Gasteiger partial charge in [-0.2, -0.15) is 0 Å². The van der Waals surface area contributed by atoms with Crippen molar-refractivity contribution in [2.75, 3.05) is 36.3 Å². The van der Waals surface area contributed by atoms with Crippen LogP contribution in [0.2, 0.25) is 0 Å². The molecule has 0 atom stereocenters. The van der Waals surface area contributed by atoms with Crippen molar-refractivity contribution in [2.45, 2.75) is 6.36 Å². The molecule has 3 aliphatic rings. The van der Waals surface area contributed by atoms with Crippen molar-refractivity contribution in [3.8, 4) is 5.75 Å². The van der Waals surface area contributed by atoms with E-state index in [9.17, 15) is 18.3 Å². The van der Waals surface area contributed by atoms with Crippen molar-refractivity contribution in [1.82, 2.24) is 10.4 Å². The number of anilines is 2. The molecule has 0 unspecified atom stereocenters. The Morgan fingerprint density at radius 3 is 2.34 bits per heavy atom. The van der Waals surface area contributed by atoms with E-state index in [1.54, 1.807) is 5.01 Å². The Balaban J connectivity index is 0.00000245. The average Bonchev–Trinajstić information content (AvgIpc) is 3.10. The van der Waals surface area contributed by atoms with E-state index in [4.69, 9.17) is 4.74 Å². The number of alkyl halides is 3. The van der Waals surface area contributed by atoms with Crippen molar-refractivity contribution in [3.05, 3.63) is 71.8 Å². The van der Waals surface area contributed by atoms with Crippen LogP contribution >= 0.6 is 0 Å². The number of rotatable bonds is 3. The van der Waals surface area contributed by atoms with Crippen molar-refractivity contribution < 1.29 is 33.2 Å². The molecule has 1 radical (unpaired) electrons. The number of allylic oxidation sites excluding steroid dienone is 1. The van der Waals surface area contributed by atoms with Crippen molar-refractivity contribution in [2.24, 2.45) is 0 Å². The van der Waals surface area contributed by atoms with Gasteiger partial charge in [-0.1, -0.05) is 18.2 Å². The van der Waals surface area contributed by atoms with Crippen LogP contribution in [0.3, 0.4) is 0 Å². The zero-order valence-electron chi connectivity index (χ0n) is 16.7. The van der Waals surface area contributed by atoms with Crippen molar-refractivity contribution in [1.29, 1.82) is 0 Å². The summed E-state index contributed by atoms with van der Waals surface area (Å²) in [6, 6.07) is 12.9. The first-order valence-electron chi connectivity index (χ1n) is 9.65. The fraction of sp³-hybridized carbons (Fsp3) is 0.238. The van der Waals surface area contributed by atoms with Gasteiger partial charge < -0.3 is 25.0 Å². The maximum absolute atomic E-state index is 12.4. The van der Waals surface area contributed by atoms with Crippen LogP contribution in [0.15, 0.2) is 66.2 Å². The second kappa shape index (κ2) is 8.26. The molecule has 2 aromatic carbocycles. The molecular weight excluding hydrogens is 429 g/mol. The fourth-order valence-electron chi connectivity index (χ4n) is 3.80. The number of aliphatic hydroxyl groups excluding tert-OH is 1. The minimum absolute atomic E-state index is 0. The molecule has 0 bridgehead atoms. The number of benzene rings is 2. The van der Waals surface area contributed by atoms with Gasteiger partial charge in [0.25, 0.3) is 0 Å². The van der Waals surface area contributed by atoms with Gasteiger partial charge in [-0.15, -0.1) is 13.2 Å². The second-order valence-corrected chi connectivity index (χ2v) is 7.11. The summed E-state index contributed by atoms with van der Waals surface area (Å²) in [5, 5.41) is 13.8. The van der Waals surface area contributed by atoms with Crippen molar-refractivity contribution in [3.63, 3.8) is 0 Å². The number of ether oxygens (including phenoxy) is 2. The quantitative estimate of drug-likeness (QED) is 0.775. The lowest BCUT2D eigenvalue weighted by molar-refractivity contribution is -0.274. The van der Waals surface area contributed by atoms with Gasteiger partial charge in [0.2, 0.25) is 5.88 Å². The molecule has 2 aromatic rings. The SMILES string of the molecule is O.OC1=C2C=C(N3CCOCC3)c3ccccc3N2[N]N1c1ccc(OC(F)(F)F)cc1. The summed E-state index contributed by atoms with van der Waals surface area (Å²) in [6.07, 6.45) is -2.90. The average molecular weight is 449 g/mol. The molecule has 3 N–H and O–H groups in total. The van der Waals surface area contributed by atoms with Crippen LogP contribution in [-0.2, 0) is 4.74 Å². The smallest absolute Gasteiger partial charge is 0.492 e. The molecule has 3 aliphatic heterocycles. The topological polar surface area (TPSA) is 94.0 Å². The van der Waals surface area contributed by atoms with E-state index in [-0.39, 0.29) is 17.1 Å². The zero-order valence-corrected chi connectivity index (χ0v) is 16.7. The van der Waals surface area contributed by atoms with E-state index in [1.165, 1.54) is 29.3 Å². The monoisotopic (exact) mass is 449 g/mol. The molecule has 0 aliphatic carbocycles. The molecule has 5 rings (SSSR count). The number of fused-ring (bicyclic) bond motifs is 3. The van der Waals surface area contributed by atoms with E-state index in [1.807, 2.05) is 30.3 Å². The standard InChI is InChI=1S/C21H18F3N4O3.H2O/c22-21(23,24)31-15-7-5-14(6-8-15)27-20(29)19-13-18(26-9-11-30-12-10-26)16-3-1-2-4-17(16)28(19)25-27;/h1-8,13,29H,9-12H2;1H2. The molecule has 1 fully saturated rings. The van der Waals surface area contributed by atoms with Crippen LogP contribution in [-0.4, -0.2) is 48.1 Å². The summed E-state index contributed by atoms with van der Waals surface area (Å²) in [6.45, 7) is 2.71. The van der Waals surface area contributed by atoms with Crippen LogP contribution in [0.4, 0.5) is 24.5 Å². The number of nitrogens with zero attached hydrogens (tertiary/aromatic N) is 4. The number of halogens is 3. The summed E-state index contributed by atoms with van der Waals surface area (Å²) in [5.41, 5.74) is 8.09. The first kappa shape index (κ1) is 21.8. The number of hydrogen-bond acceptors (Lipinski definition) is 6. The van der Waals surface area contributed by atoms with Crippen LogP contribution in [0.1, 0.15) is 5.56 Å². The third kappa shape index (κ3) is 3.93. The molecule has 169 valence electrons. The highest BCUT2D eigenvalue weighted by Crippen LogP contribution is 2.41. The summed E-state index contributed by atoms with van der Waals surface area (Å²) >= 11 is 0. The largest absolute Gasteiger partial charge is 0.573 e. The number of aliphatic hydroxyl groups is 1. The van der Waals surface area contributed by atoms with E-state index < -0.39 is 6.36 Å². The first-order chi connectivity index (χ1) is 14.9. The lowest BCUT2D eigenvalue weighted by Gasteiger charge is -2.35. The normalized spacial score (nSPS) is 18.1. The van der Waals surface area contributed by atoms with Gasteiger partial charge in [-0.05, 0) is 41.9 Å². The van der Waals surface area contributed by atoms with Crippen LogP contribution in [0, 0.1) is 0 Å². The van der Waals surface area contributed by atoms with Gasteiger partial charge in [-0.3, -0.25) is 0 Å². The molecular formula is C21H20F3N4O4. The molecule has 3 heterocycles. The zero-order chi connectivity index (χ0) is 21.6. The van der Waals surface area contributed by atoms with Gasteiger partial charge in [-0.25, -0.2) is 10.0 Å². The van der Waals surface area contributed by atoms with Gasteiger partial charge in [0.05, 0.1) is 24.6 Å². The molecule has 0 aromatic heterocycles. The minimum Gasteiger partial charge on any atom is -0.492 e. The summed E-state index contributed by atoms with van der Waals surface area (Å²) in [7, 11) is 0. The Labute approximate surface area is 181 Å². The Morgan fingerprint density at radius 2 is 1.66 bits per heavy atom. The van der Waals surface area contributed by atoms with Crippen LogP contribution in [0.5, 0.6) is 5.75 Å². The predicted molar refractivity (Wildman–Crippen MR) is 110 cm³/mol. The molecule has 0 amide bonds. The third-order valence-corrected chi connectivity index (χ3v) is 5.19. The third-order valence-electron chi connectivity index (χ3n) is 5.19. The van der Waals surface area contributed by atoms with Gasteiger partial charge in [0.15, 0.2) is 0 Å². The Bertz CT molecular complexity index is 1050. The maximum atomic E-state index is 12.4. The van der Waals surface area contributed by atoms with Gasteiger partial charge in [0, 0.05) is 24.4 Å². The van der Waals surface area contributed by atoms with Gasteiger partial charge in [0.1, 0.15) is 11.4 Å². The van der Waals surface area contributed by atoms with Crippen LogP contribution < -0.4 is 20.3 Å². The molecule has 8 nitrogen and oxygen atoms in total. The molecule has 11 heteroatoms. The number of morpholine rings is 1.